The van der Waals surface area contributed by atoms with Crippen LogP contribution in [0.3, 0.4) is 0 Å². The van der Waals surface area contributed by atoms with Crippen LogP contribution < -0.4 is 17.0 Å². The molecule has 2 heterocycles. The number of amides is 1. The molecule has 3 rings (SSSR count). The number of nitrogens with zero attached hydrogens (tertiary/aromatic N) is 3. The van der Waals surface area contributed by atoms with Gasteiger partial charge < -0.3 is 16.0 Å². The first-order valence-electron chi connectivity index (χ1n) is 6.27. The predicted molar refractivity (Wildman–Crippen MR) is 77.9 cm³/mol. The first-order valence-corrected chi connectivity index (χ1v) is 6.27. The second-order valence-corrected chi connectivity index (χ2v) is 4.67. The first kappa shape index (κ1) is 12.9. The highest BCUT2D eigenvalue weighted by Crippen LogP contribution is 2.15. The molecule has 4 N–H and O–H groups in total. The third-order valence-corrected chi connectivity index (χ3v) is 3.31. The van der Waals surface area contributed by atoms with Crippen molar-refractivity contribution in [2.75, 3.05) is 5.73 Å². The molecule has 0 fully saturated rings. The van der Waals surface area contributed by atoms with Crippen LogP contribution in [-0.2, 0) is 6.54 Å². The van der Waals surface area contributed by atoms with Gasteiger partial charge in [-0.3, -0.25) is 9.59 Å². The molecule has 0 aliphatic heterocycles. The molecule has 0 saturated heterocycles. The van der Waals surface area contributed by atoms with Crippen molar-refractivity contribution in [2.24, 2.45) is 5.73 Å². The van der Waals surface area contributed by atoms with Crippen molar-refractivity contribution in [3.63, 3.8) is 0 Å². The third kappa shape index (κ3) is 2.25. The summed E-state index contributed by atoms with van der Waals surface area (Å²) in [5.41, 5.74) is 12.9. The topological polar surface area (TPSA) is 108 Å². The number of primary amides is 1. The lowest BCUT2D eigenvalue weighted by Gasteiger charge is -2.09. The highest BCUT2D eigenvalue weighted by atomic mass is 16.1. The number of hydrogen-bond donors (Lipinski definition) is 2. The molecule has 7 nitrogen and oxygen atoms in total. The Labute approximate surface area is 119 Å². The molecule has 0 spiro atoms. The lowest BCUT2D eigenvalue weighted by atomic mass is 10.1. The Morgan fingerprint density at radius 3 is 2.76 bits per heavy atom. The molecule has 1 aromatic carbocycles. The van der Waals surface area contributed by atoms with Crippen molar-refractivity contribution in [2.45, 2.75) is 6.54 Å². The largest absolute Gasteiger partial charge is 0.398 e. The van der Waals surface area contributed by atoms with Gasteiger partial charge in [0, 0.05) is 23.6 Å². The number of carbonyl (C=O) groups excluding carboxylic acids is 1. The van der Waals surface area contributed by atoms with Crippen molar-refractivity contribution in [1.82, 2.24) is 14.2 Å². The molecule has 0 radical (unpaired) electrons. The van der Waals surface area contributed by atoms with E-state index in [0.717, 1.165) is 5.56 Å². The normalized spacial score (nSPS) is 10.9. The van der Waals surface area contributed by atoms with Crippen LogP contribution in [0.2, 0.25) is 0 Å². The van der Waals surface area contributed by atoms with E-state index in [1.54, 1.807) is 36.8 Å². The highest BCUT2D eigenvalue weighted by Gasteiger charge is 2.08. The lowest BCUT2D eigenvalue weighted by Crippen LogP contribution is -2.22. The van der Waals surface area contributed by atoms with Crippen molar-refractivity contribution in [3.05, 3.63) is 64.3 Å². The molecule has 1 amide bonds. The summed E-state index contributed by atoms with van der Waals surface area (Å²) in [7, 11) is 0. The zero-order valence-electron chi connectivity index (χ0n) is 11.1. The summed E-state index contributed by atoms with van der Waals surface area (Å²) in [4.78, 5) is 23.4. The average Bonchev–Trinajstić information content (AvgIpc) is 2.93. The maximum Gasteiger partial charge on any atom is 0.276 e. The smallest absolute Gasteiger partial charge is 0.276 e. The molecule has 0 aliphatic carbocycles. The zero-order chi connectivity index (χ0) is 15.0. The molecular formula is C14H13N5O2. The van der Waals surface area contributed by atoms with Crippen LogP contribution in [0.5, 0.6) is 0 Å². The maximum absolute atomic E-state index is 12.3. The van der Waals surface area contributed by atoms with Gasteiger partial charge in [0.05, 0.1) is 12.7 Å². The van der Waals surface area contributed by atoms with Gasteiger partial charge in [-0.25, -0.2) is 4.52 Å². The molecule has 7 heteroatoms. The fraction of sp³-hybridized carbons (Fsp3) is 0.0714. The number of fused-ring (bicyclic) bond motifs is 1. The Morgan fingerprint density at radius 2 is 2.05 bits per heavy atom. The van der Waals surface area contributed by atoms with Crippen LogP contribution in [0.4, 0.5) is 5.69 Å². The van der Waals surface area contributed by atoms with Crippen LogP contribution in [0.15, 0.2) is 47.7 Å². The fourth-order valence-corrected chi connectivity index (χ4v) is 2.16. The maximum atomic E-state index is 12.3. The van der Waals surface area contributed by atoms with Gasteiger partial charge in [-0.1, -0.05) is 6.07 Å². The van der Waals surface area contributed by atoms with E-state index in [2.05, 4.69) is 5.10 Å². The van der Waals surface area contributed by atoms with E-state index in [9.17, 15) is 9.59 Å². The van der Waals surface area contributed by atoms with Crippen LogP contribution >= 0.6 is 0 Å². The van der Waals surface area contributed by atoms with Gasteiger partial charge in [0.15, 0.2) is 0 Å². The zero-order valence-corrected chi connectivity index (χ0v) is 11.1. The Morgan fingerprint density at radius 1 is 1.24 bits per heavy atom. The van der Waals surface area contributed by atoms with E-state index >= 15 is 0 Å². The molecule has 106 valence electrons. The van der Waals surface area contributed by atoms with Gasteiger partial charge in [0.2, 0.25) is 5.91 Å². The van der Waals surface area contributed by atoms with E-state index in [1.165, 1.54) is 15.1 Å². The van der Waals surface area contributed by atoms with Crippen LogP contribution in [0.1, 0.15) is 15.9 Å². The number of benzene rings is 1. The molecular weight excluding hydrogens is 270 g/mol. The monoisotopic (exact) mass is 283 g/mol. The quantitative estimate of drug-likeness (QED) is 0.670. The minimum absolute atomic E-state index is 0.159. The van der Waals surface area contributed by atoms with Gasteiger partial charge in [-0.15, -0.1) is 0 Å². The minimum atomic E-state index is -0.536. The molecule has 0 saturated carbocycles. The van der Waals surface area contributed by atoms with Gasteiger partial charge in [-0.2, -0.15) is 5.10 Å². The molecule has 0 atom stereocenters. The number of rotatable bonds is 3. The average molecular weight is 283 g/mol. The van der Waals surface area contributed by atoms with Gasteiger partial charge in [-0.05, 0) is 23.8 Å². The minimum Gasteiger partial charge on any atom is -0.398 e. The van der Waals surface area contributed by atoms with E-state index < -0.39 is 5.91 Å². The number of nitrogen functional groups attached to an aromatic ring is 1. The fourth-order valence-electron chi connectivity index (χ4n) is 2.16. The van der Waals surface area contributed by atoms with Gasteiger partial charge in [0.1, 0.15) is 5.52 Å². The Bertz CT molecular complexity index is 894. The number of aromatic nitrogens is 3. The molecule has 3 aromatic rings. The van der Waals surface area contributed by atoms with Crippen molar-refractivity contribution < 1.29 is 4.79 Å². The molecule has 2 aromatic heterocycles. The summed E-state index contributed by atoms with van der Waals surface area (Å²) in [6, 6.07) is 6.46. The molecule has 0 unspecified atom stereocenters. The lowest BCUT2D eigenvalue weighted by molar-refractivity contribution is 0.100. The Hall–Kier alpha value is -3.09. The summed E-state index contributed by atoms with van der Waals surface area (Å²) < 4.78 is 3.05. The number of carbonyl (C=O) groups is 1. The third-order valence-electron chi connectivity index (χ3n) is 3.31. The summed E-state index contributed by atoms with van der Waals surface area (Å²) in [5.74, 6) is -0.536. The van der Waals surface area contributed by atoms with Crippen molar-refractivity contribution >= 4 is 17.1 Å². The molecule has 0 aliphatic rings. The summed E-state index contributed by atoms with van der Waals surface area (Å²) >= 11 is 0. The van der Waals surface area contributed by atoms with E-state index in [1.807, 2.05) is 0 Å². The van der Waals surface area contributed by atoms with Gasteiger partial charge in [0.25, 0.3) is 5.56 Å². The summed E-state index contributed by atoms with van der Waals surface area (Å²) in [6.07, 6.45) is 4.91. The van der Waals surface area contributed by atoms with Crippen LogP contribution in [0, 0.1) is 0 Å². The standard InChI is InChI=1S/C14H13N5O2/c15-11-7-9(13(16)20)1-2-10(11)8-18-5-6-19-12(14(18)21)3-4-17-19/h1-7H,8,15H2,(H2,16,20). The van der Waals surface area contributed by atoms with E-state index in [0.29, 0.717) is 23.3 Å². The second-order valence-electron chi connectivity index (χ2n) is 4.67. The summed E-state index contributed by atoms with van der Waals surface area (Å²) in [6.45, 7) is 0.311. The predicted octanol–water partition coefficient (Wildman–Crippen LogP) is 0.225. The second kappa shape index (κ2) is 4.78. The number of hydrogen-bond acceptors (Lipinski definition) is 4. The highest BCUT2D eigenvalue weighted by molar-refractivity contribution is 5.93. The number of anilines is 1. The van der Waals surface area contributed by atoms with E-state index in [4.69, 9.17) is 11.5 Å². The summed E-state index contributed by atoms with van der Waals surface area (Å²) in [5, 5.41) is 4.00. The SMILES string of the molecule is NC(=O)c1ccc(Cn2ccn3nccc3c2=O)c(N)c1. The first-order chi connectivity index (χ1) is 10.1. The van der Waals surface area contributed by atoms with Crippen LogP contribution in [0.25, 0.3) is 5.52 Å². The van der Waals surface area contributed by atoms with Crippen molar-refractivity contribution in [3.8, 4) is 0 Å². The molecule has 21 heavy (non-hydrogen) atoms. The number of nitrogens with two attached hydrogens (primary N) is 2. The van der Waals surface area contributed by atoms with E-state index in [-0.39, 0.29) is 5.56 Å². The van der Waals surface area contributed by atoms with Crippen LogP contribution in [-0.4, -0.2) is 20.1 Å². The Balaban J connectivity index is 2.00. The van der Waals surface area contributed by atoms with Crippen molar-refractivity contribution in [1.29, 1.82) is 0 Å². The molecule has 0 bridgehead atoms. The van der Waals surface area contributed by atoms with Gasteiger partial charge >= 0.3 is 0 Å². The Kier molecular flexibility index (Phi) is 2.94.